The molecule has 2 aromatic carbocycles. The smallest absolute Gasteiger partial charge is 0.337 e. The van der Waals surface area contributed by atoms with Crippen LogP contribution in [0.25, 0.3) is 22.4 Å². The maximum Gasteiger partial charge on any atom is 0.337 e. The van der Waals surface area contributed by atoms with Crippen molar-refractivity contribution in [2.45, 2.75) is 0 Å². The first-order chi connectivity index (χ1) is 9.70. The molecule has 0 radical (unpaired) electrons. The number of hydrogen-bond acceptors (Lipinski definition) is 3. The van der Waals surface area contributed by atoms with Gasteiger partial charge < -0.3 is 9.30 Å². The highest BCUT2D eigenvalue weighted by Gasteiger charge is 2.12. The van der Waals surface area contributed by atoms with E-state index < -0.39 is 0 Å². The second-order valence-electron chi connectivity index (χ2n) is 4.56. The Morgan fingerprint density at radius 2 is 1.95 bits per heavy atom. The number of carbonyl (C=O) groups is 1. The number of aromatic nitrogens is 2. The van der Waals surface area contributed by atoms with Crippen molar-refractivity contribution in [3.63, 3.8) is 0 Å². The van der Waals surface area contributed by atoms with Gasteiger partial charge in [-0.05, 0) is 24.3 Å². The fraction of sp³-hybridized carbons (Fsp3) is 0.125. The molecule has 3 aromatic rings. The number of rotatable bonds is 2. The van der Waals surface area contributed by atoms with Crippen molar-refractivity contribution >= 4 is 17.0 Å². The van der Waals surface area contributed by atoms with Gasteiger partial charge in [-0.2, -0.15) is 0 Å². The SMILES string of the molecule is COC(=O)c1cccc(-c2nc3ccccc3n2C)c1. The standard InChI is InChI=1S/C16H14N2O2/c1-18-14-9-4-3-8-13(14)17-15(18)11-6-5-7-12(10-11)16(19)20-2/h3-10H,1-2H3. The molecular formula is C16H14N2O2. The zero-order valence-corrected chi connectivity index (χ0v) is 11.3. The van der Waals surface area contributed by atoms with Gasteiger partial charge in [-0.3, -0.25) is 0 Å². The van der Waals surface area contributed by atoms with Crippen LogP contribution in [0.5, 0.6) is 0 Å². The van der Waals surface area contributed by atoms with Crippen LogP contribution in [-0.2, 0) is 11.8 Å². The van der Waals surface area contributed by atoms with Gasteiger partial charge in [0.25, 0.3) is 0 Å². The van der Waals surface area contributed by atoms with E-state index in [4.69, 9.17) is 4.74 Å². The molecule has 0 aliphatic carbocycles. The number of carbonyl (C=O) groups excluding carboxylic acids is 1. The molecule has 0 atom stereocenters. The summed E-state index contributed by atoms with van der Waals surface area (Å²) >= 11 is 0. The van der Waals surface area contributed by atoms with Crippen molar-refractivity contribution in [3.8, 4) is 11.4 Å². The highest BCUT2D eigenvalue weighted by Crippen LogP contribution is 2.24. The molecular weight excluding hydrogens is 252 g/mol. The summed E-state index contributed by atoms with van der Waals surface area (Å²) in [6, 6.07) is 15.3. The Kier molecular flexibility index (Phi) is 2.99. The van der Waals surface area contributed by atoms with Crippen LogP contribution in [0.15, 0.2) is 48.5 Å². The van der Waals surface area contributed by atoms with Gasteiger partial charge >= 0.3 is 5.97 Å². The van der Waals surface area contributed by atoms with Gasteiger partial charge in [0.05, 0.1) is 23.7 Å². The van der Waals surface area contributed by atoms with Gasteiger partial charge in [-0.1, -0.05) is 24.3 Å². The minimum atomic E-state index is -0.342. The Bertz CT molecular complexity index is 790. The summed E-state index contributed by atoms with van der Waals surface area (Å²) in [6.07, 6.45) is 0. The quantitative estimate of drug-likeness (QED) is 0.670. The molecule has 3 rings (SSSR count). The number of para-hydroxylation sites is 2. The number of imidazole rings is 1. The number of hydrogen-bond donors (Lipinski definition) is 0. The van der Waals surface area contributed by atoms with Crippen LogP contribution in [0.2, 0.25) is 0 Å². The Morgan fingerprint density at radius 1 is 1.15 bits per heavy atom. The first kappa shape index (κ1) is 12.4. The molecule has 0 saturated heterocycles. The monoisotopic (exact) mass is 266 g/mol. The molecule has 0 aliphatic heterocycles. The molecule has 0 amide bonds. The van der Waals surface area contributed by atoms with Gasteiger partial charge in [-0.25, -0.2) is 9.78 Å². The molecule has 0 unspecified atom stereocenters. The van der Waals surface area contributed by atoms with Crippen LogP contribution in [0.1, 0.15) is 10.4 Å². The van der Waals surface area contributed by atoms with Crippen molar-refractivity contribution in [1.82, 2.24) is 9.55 Å². The third-order valence-corrected chi connectivity index (χ3v) is 3.33. The maximum absolute atomic E-state index is 11.6. The summed E-state index contributed by atoms with van der Waals surface area (Å²) in [6.45, 7) is 0. The molecule has 4 heteroatoms. The number of aryl methyl sites for hydroxylation is 1. The van der Waals surface area contributed by atoms with E-state index in [0.717, 1.165) is 22.4 Å². The fourth-order valence-corrected chi connectivity index (χ4v) is 2.31. The molecule has 0 spiro atoms. The third kappa shape index (κ3) is 1.95. The van der Waals surface area contributed by atoms with Crippen molar-refractivity contribution in [2.24, 2.45) is 7.05 Å². The Labute approximate surface area is 116 Å². The summed E-state index contributed by atoms with van der Waals surface area (Å²) < 4.78 is 6.77. The molecule has 0 N–H and O–H groups in total. The number of fused-ring (bicyclic) bond motifs is 1. The van der Waals surface area contributed by atoms with Crippen molar-refractivity contribution < 1.29 is 9.53 Å². The number of esters is 1. The van der Waals surface area contributed by atoms with Crippen molar-refractivity contribution in [1.29, 1.82) is 0 Å². The average molecular weight is 266 g/mol. The van der Waals surface area contributed by atoms with Crippen LogP contribution in [0.3, 0.4) is 0 Å². The molecule has 0 bridgehead atoms. The normalized spacial score (nSPS) is 10.7. The van der Waals surface area contributed by atoms with E-state index in [1.54, 1.807) is 12.1 Å². The molecule has 100 valence electrons. The summed E-state index contributed by atoms with van der Waals surface area (Å²) in [4.78, 5) is 16.2. The second kappa shape index (κ2) is 4.81. The summed E-state index contributed by atoms with van der Waals surface area (Å²) in [5.41, 5.74) is 3.42. The number of ether oxygens (including phenoxy) is 1. The topological polar surface area (TPSA) is 44.1 Å². The lowest BCUT2D eigenvalue weighted by atomic mass is 10.1. The lowest BCUT2D eigenvalue weighted by molar-refractivity contribution is 0.0601. The Hall–Kier alpha value is -2.62. The Balaban J connectivity index is 2.16. The minimum absolute atomic E-state index is 0.342. The van der Waals surface area contributed by atoms with Crippen LogP contribution in [-0.4, -0.2) is 22.6 Å². The van der Waals surface area contributed by atoms with Crippen LogP contribution < -0.4 is 0 Å². The van der Waals surface area contributed by atoms with E-state index in [2.05, 4.69) is 4.98 Å². The molecule has 4 nitrogen and oxygen atoms in total. The predicted molar refractivity (Wildman–Crippen MR) is 77.5 cm³/mol. The zero-order valence-electron chi connectivity index (χ0n) is 11.3. The van der Waals surface area contributed by atoms with E-state index in [9.17, 15) is 4.79 Å². The molecule has 1 heterocycles. The largest absolute Gasteiger partial charge is 0.465 e. The molecule has 20 heavy (non-hydrogen) atoms. The van der Waals surface area contributed by atoms with Crippen molar-refractivity contribution in [3.05, 3.63) is 54.1 Å². The molecule has 0 fully saturated rings. The second-order valence-corrected chi connectivity index (χ2v) is 4.56. The highest BCUT2D eigenvalue weighted by molar-refractivity contribution is 5.91. The van der Waals surface area contributed by atoms with E-state index >= 15 is 0 Å². The molecule has 0 aliphatic rings. The van der Waals surface area contributed by atoms with Crippen LogP contribution in [0.4, 0.5) is 0 Å². The lowest BCUT2D eigenvalue weighted by Gasteiger charge is -2.04. The minimum Gasteiger partial charge on any atom is -0.465 e. The summed E-state index contributed by atoms with van der Waals surface area (Å²) in [7, 11) is 3.35. The number of methoxy groups -OCH3 is 1. The van der Waals surface area contributed by atoms with Gasteiger partial charge in [-0.15, -0.1) is 0 Å². The van der Waals surface area contributed by atoms with Gasteiger partial charge in [0.2, 0.25) is 0 Å². The fourth-order valence-electron chi connectivity index (χ4n) is 2.31. The summed E-state index contributed by atoms with van der Waals surface area (Å²) in [5, 5.41) is 0. The van der Waals surface area contributed by atoms with Gasteiger partial charge in [0.1, 0.15) is 5.82 Å². The highest BCUT2D eigenvalue weighted by atomic mass is 16.5. The van der Waals surface area contributed by atoms with Crippen LogP contribution in [0, 0.1) is 0 Å². The first-order valence-corrected chi connectivity index (χ1v) is 6.31. The maximum atomic E-state index is 11.6. The van der Waals surface area contributed by atoms with Crippen molar-refractivity contribution in [2.75, 3.05) is 7.11 Å². The molecule has 0 saturated carbocycles. The number of benzene rings is 2. The van der Waals surface area contributed by atoms with E-state index in [1.165, 1.54) is 7.11 Å². The Morgan fingerprint density at radius 3 is 2.70 bits per heavy atom. The first-order valence-electron chi connectivity index (χ1n) is 6.31. The number of nitrogens with zero attached hydrogens (tertiary/aromatic N) is 2. The third-order valence-electron chi connectivity index (χ3n) is 3.33. The van der Waals surface area contributed by atoms with Gasteiger partial charge in [0, 0.05) is 12.6 Å². The summed E-state index contributed by atoms with van der Waals surface area (Å²) in [5.74, 6) is 0.488. The predicted octanol–water partition coefficient (Wildman–Crippen LogP) is 3.03. The van der Waals surface area contributed by atoms with Gasteiger partial charge in [0.15, 0.2) is 0 Å². The van der Waals surface area contributed by atoms with E-state index in [1.807, 2.05) is 48.0 Å². The van der Waals surface area contributed by atoms with E-state index in [0.29, 0.717) is 5.56 Å². The molecule has 1 aromatic heterocycles. The average Bonchev–Trinajstić information content (AvgIpc) is 2.84. The lowest BCUT2D eigenvalue weighted by Crippen LogP contribution is -2.01. The zero-order chi connectivity index (χ0) is 14.1. The van der Waals surface area contributed by atoms with Crippen LogP contribution >= 0.6 is 0 Å². The van der Waals surface area contributed by atoms with E-state index in [-0.39, 0.29) is 5.97 Å².